The highest BCUT2D eigenvalue weighted by Gasteiger charge is 2.32. The number of benzene rings is 2. The highest BCUT2D eigenvalue weighted by atomic mass is 16.5. The molecule has 26 heavy (non-hydrogen) atoms. The highest BCUT2D eigenvalue weighted by molar-refractivity contribution is 6.41. The molecular formula is C22H22O4. The van der Waals surface area contributed by atoms with E-state index in [9.17, 15) is 9.59 Å². The zero-order valence-electron chi connectivity index (χ0n) is 15.2. The van der Waals surface area contributed by atoms with Crippen LogP contribution in [0.15, 0.2) is 48.0 Å². The number of Topliss-reactive ketones (excluding diaryl/α,β-unsaturated/α-hetero) is 2. The summed E-state index contributed by atoms with van der Waals surface area (Å²) in [5, 5.41) is 0. The third-order valence-corrected chi connectivity index (χ3v) is 4.62. The SMILES string of the molecule is CCC(C)COc1ccc(C=C2C(=O)c3ccccc3C2=O)cc1OC. The molecule has 134 valence electrons. The third kappa shape index (κ3) is 3.40. The maximum Gasteiger partial charge on any atom is 0.197 e. The van der Waals surface area contributed by atoms with Crippen molar-refractivity contribution in [3.8, 4) is 11.5 Å². The van der Waals surface area contributed by atoms with Gasteiger partial charge in [0.05, 0.1) is 19.3 Å². The number of carbonyl (C=O) groups excluding carboxylic acids is 2. The fraction of sp³-hybridized carbons (Fsp3) is 0.273. The summed E-state index contributed by atoms with van der Waals surface area (Å²) < 4.78 is 11.2. The van der Waals surface area contributed by atoms with E-state index >= 15 is 0 Å². The minimum Gasteiger partial charge on any atom is -0.493 e. The molecule has 2 aromatic rings. The van der Waals surface area contributed by atoms with Crippen LogP contribution in [0.25, 0.3) is 6.08 Å². The Hall–Kier alpha value is -2.88. The Morgan fingerprint density at radius 3 is 2.23 bits per heavy atom. The van der Waals surface area contributed by atoms with Crippen LogP contribution in [0.1, 0.15) is 46.5 Å². The average molecular weight is 350 g/mol. The van der Waals surface area contributed by atoms with Crippen molar-refractivity contribution in [2.75, 3.05) is 13.7 Å². The van der Waals surface area contributed by atoms with E-state index in [1.807, 2.05) is 12.1 Å². The van der Waals surface area contributed by atoms with Crippen molar-refractivity contribution in [3.05, 3.63) is 64.7 Å². The van der Waals surface area contributed by atoms with Gasteiger partial charge in [0.1, 0.15) is 0 Å². The first-order valence-corrected chi connectivity index (χ1v) is 8.76. The number of hydrogen-bond donors (Lipinski definition) is 0. The molecule has 0 radical (unpaired) electrons. The zero-order chi connectivity index (χ0) is 18.7. The summed E-state index contributed by atoms with van der Waals surface area (Å²) in [6.07, 6.45) is 2.66. The number of ketones is 2. The minimum atomic E-state index is -0.235. The fourth-order valence-electron chi connectivity index (χ4n) is 2.81. The molecule has 0 N–H and O–H groups in total. The van der Waals surface area contributed by atoms with E-state index in [0.29, 0.717) is 35.2 Å². The summed E-state index contributed by atoms with van der Waals surface area (Å²) in [6.45, 7) is 4.86. The number of carbonyl (C=O) groups is 2. The van der Waals surface area contributed by atoms with Gasteiger partial charge in [0.15, 0.2) is 23.1 Å². The maximum absolute atomic E-state index is 12.5. The van der Waals surface area contributed by atoms with Crippen molar-refractivity contribution in [2.24, 2.45) is 5.92 Å². The second-order valence-electron chi connectivity index (χ2n) is 6.50. The van der Waals surface area contributed by atoms with Gasteiger partial charge in [-0.15, -0.1) is 0 Å². The van der Waals surface area contributed by atoms with E-state index < -0.39 is 0 Å². The number of rotatable bonds is 6. The first-order valence-electron chi connectivity index (χ1n) is 8.76. The Balaban J connectivity index is 1.88. The van der Waals surface area contributed by atoms with Crippen molar-refractivity contribution in [3.63, 3.8) is 0 Å². The third-order valence-electron chi connectivity index (χ3n) is 4.62. The summed E-state index contributed by atoms with van der Waals surface area (Å²) in [6, 6.07) is 12.3. The predicted octanol–water partition coefficient (Wildman–Crippen LogP) is 4.58. The molecule has 0 amide bonds. The fourth-order valence-corrected chi connectivity index (χ4v) is 2.81. The summed E-state index contributed by atoms with van der Waals surface area (Å²) in [5.41, 5.74) is 1.83. The van der Waals surface area contributed by atoms with Gasteiger partial charge >= 0.3 is 0 Å². The average Bonchev–Trinajstić information content (AvgIpc) is 2.91. The number of fused-ring (bicyclic) bond motifs is 1. The van der Waals surface area contributed by atoms with E-state index in [1.54, 1.807) is 43.5 Å². The maximum atomic E-state index is 12.5. The van der Waals surface area contributed by atoms with Crippen LogP contribution in [0.4, 0.5) is 0 Å². The van der Waals surface area contributed by atoms with E-state index in [4.69, 9.17) is 9.47 Å². The monoisotopic (exact) mass is 350 g/mol. The van der Waals surface area contributed by atoms with Gasteiger partial charge in [0.2, 0.25) is 0 Å². The van der Waals surface area contributed by atoms with Crippen LogP contribution in [0.2, 0.25) is 0 Å². The molecule has 1 aliphatic rings. The lowest BCUT2D eigenvalue weighted by Crippen LogP contribution is -2.08. The molecule has 1 atom stereocenters. The van der Waals surface area contributed by atoms with E-state index in [0.717, 1.165) is 12.0 Å². The topological polar surface area (TPSA) is 52.6 Å². The molecule has 0 heterocycles. The Labute approximate surface area is 153 Å². The van der Waals surface area contributed by atoms with Crippen LogP contribution in [0.5, 0.6) is 11.5 Å². The minimum absolute atomic E-state index is 0.182. The van der Waals surface area contributed by atoms with Crippen molar-refractivity contribution in [1.29, 1.82) is 0 Å². The molecule has 0 saturated carbocycles. The van der Waals surface area contributed by atoms with Crippen molar-refractivity contribution in [2.45, 2.75) is 20.3 Å². The quantitative estimate of drug-likeness (QED) is 0.565. The lowest BCUT2D eigenvalue weighted by atomic mass is 10.1. The Morgan fingerprint density at radius 1 is 1.00 bits per heavy atom. The van der Waals surface area contributed by atoms with Gasteiger partial charge in [0, 0.05) is 11.1 Å². The summed E-state index contributed by atoms with van der Waals surface area (Å²) >= 11 is 0. The number of allylic oxidation sites excluding steroid dienone is 1. The molecule has 4 heteroatoms. The first-order chi connectivity index (χ1) is 12.5. The summed E-state index contributed by atoms with van der Waals surface area (Å²) in [4.78, 5) is 25.0. The number of methoxy groups -OCH3 is 1. The van der Waals surface area contributed by atoms with Gasteiger partial charge in [-0.25, -0.2) is 0 Å². The molecule has 0 saturated heterocycles. The highest BCUT2D eigenvalue weighted by Crippen LogP contribution is 2.32. The molecule has 3 rings (SSSR count). The van der Waals surface area contributed by atoms with Crippen LogP contribution in [-0.4, -0.2) is 25.3 Å². The van der Waals surface area contributed by atoms with Gasteiger partial charge < -0.3 is 9.47 Å². The second-order valence-corrected chi connectivity index (χ2v) is 6.50. The van der Waals surface area contributed by atoms with Crippen LogP contribution in [0.3, 0.4) is 0 Å². The normalized spacial score (nSPS) is 14.2. The molecule has 1 unspecified atom stereocenters. The first kappa shape index (κ1) is 17.9. The number of hydrogen-bond acceptors (Lipinski definition) is 4. The molecule has 0 spiro atoms. The zero-order valence-corrected chi connectivity index (χ0v) is 15.2. The van der Waals surface area contributed by atoms with Crippen LogP contribution >= 0.6 is 0 Å². The van der Waals surface area contributed by atoms with Gasteiger partial charge in [-0.05, 0) is 29.7 Å². The Kier molecular flexibility index (Phi) is 5.21. The van der Waals surface area contributed by atoms with Gasteiger partial charge in [0.25, 0.3) is 0 Å². The van der Waals surface area contributed by atoms with Crippen molar-refractivity contribution in [1.82, 2.24) is 0 Å². The summed E-state index contributed by atoms with van der Waals surface area (Å²) in [7, 11) is 1.57. The Morgan fingerprint density at radius 2 is 1.65 bits per heavy atom. The van der Waals surface area contributed by atoms with Crippen molar-refractivity contribution >= 4 is 17.6 Å². The number of ether oxygens (including phenoxy) is 2. The summed E-state index contributed by atoms with van der Waals surface area (Å²) in [5.74, 6) is 1.22. The largest absolute Gasteiger partial charge is 0.493 e. The van der Waals surface area contributed by atoms with Crippen LogP contribution < -0.4 is 9.47 Å². The predicted molar refractivity (Wildman–Crippen MR) is 101 cm³/mol. The smallest absolute Gasteiger partial charge is 0.197 e. The van der Waals surface area contributed by atoms with E-state index in [2.05, 4.69) is 13.8 Å². The van der Waals surface area contributed by atoms with Crippen LogP contribution in [-0.2, 0) is 0 Å². The Bertz CT molecular complexity index is 842. The molecule has 0 fully saturated rings. The molecule has 0 aliphatic heterocycles. The van der Waals surface area contributed by atoms with E-state index in [-0.39, 0.29) is 17.1 Å². The van der Waals surface area contributed by atoms with Crippen molar-refractivity contribution < 1.29 is 19.1 Å². The molecule has 4 nitrogen and oxygen atoms in total. The molecule has 0 bridgehead atoms. The van der Waals surface area contributed by atoms with E-state index in [1.165, 1.54) is 0 Å². The van der Waals surface area contributed by atoms with Crippen LogP contribution in [0, 0.1) is 5.92 Å². The standard InChI is InChI=1S/C22H22O4/c1-4-14(2)13-26-19-10-9-15(12-20(19)25-3)11-18-21(23)16-7-5-6-8-17(16)22(18)24/h5-12,14H,4,13H2,1-3H3. The molecular weight excluding hydrogens is 328 g/mol. The molecule has 1 aliphatic carbocycles. The van der Waals surface area contributed by atoms with Gasteiger partial charge in [-0.1, -0.05) is 50.6 Å². The van der Waals surface area contributed by atoms with Gasteiger partial charge in [-0.2, -0.15) is 0 Å². The second kappa shape index (κ2) is 7.56. The lowest BCUT2D eigenvalue weighted by Gasteiger charge is -2.14. The van der Waals surface area contributed by atoms with Gasteiger partial charge in [-0.3, -0.25) is 9.59 Å². The lowest BCUT2D eigenvalue weighted by molar-refractivity contribution is 0.0990. The molecule has 0 aromatic heterocycles. The molecule has 2 aromatic carbocycles.